The normalized spacial score (nSPS) is 11.0. The van der Waals surface area contributed by atoms with E-state index in [-0.39, 0.29) is 0 Å². The molecule has 0 bridgehead atoms. The molecule has 1 heterocycles. The summed E-state index contributed by atoms with van der Waals surface area (Å²) in [5.41, 5.74) is 1.16. The van der Waals surface area contributed by atoms with Crippen LogP contribution >= 0.6 is 0 Å². The Bertz CT molecular complexity index is 337. The van der Waals surface area contributed by atoms with Crippen LogP contribution in [0.1, 0.15) is 45.6 Å². The highest BCUT2D eigenvalue weighted by molar-refractivity contribution is 5.36. The van der Waals surface area contributed by atoms with Gasteiger partial charge >= 0.3 is 0 Å². The second-order valence-corrected chi connectivity index (χ2v) is 4.72. The molecule has 1 aromatic heterocycles. The van der Waals surface area contributed by atoms with Crippen molar-refractivity contribution in [2.45, 2.75) is 47.0 Å². The number of aryl methyl sites for hydroxylation is 1. The third kappa shape index (κ3) is 5.55. The van der Waals surface area contributed by atoms with Gasteiger partial charge in [0.25, 0.3) is 0 Å². The van der Waals surface area contributed by atoms with E-state index in [1.807, 2.05) is 0 Å². The van der Waals surface area contributed by atoms with Crippen molar-refractivity contribution in [3.8, 4) is 0 Å². The molecule has 0 aliphatic carbocycles. The van der Waals surface area contributed by atoms with Gasteiger partial charge in [0, 0.05) is 31.3 Å². The molecule has 1 rings (SSSR count). The summed E-state index contributed by atoms with van der Waals surface area (Å²) in [6, 6.07) is 2.08. The predicted octanol–water partition coefficient (Wildman–Crippen LogP) is 2.75. The van der Waals surface area contributed by atoms with E-state index >= 15 is 0 Å². The number of hydrogen-bond acceptors (Lipinski definition) is 4. The first kappa shape index (κ1) is 15.9. The lowest BCUT2D eigenvalue weighted by Gasteiger charge is -2.17. The third-order valence-corrected chi connectivity index (χ3v) is 3.24. The van der Waals surface area contributed by atoms with Crippen LogP contribution in [0.4, 0.5) is 5.82 Å². The van der Waals surface area contributed by atoms with Crippen LogP contribution < -0.4 is 5.32 Å². The molecule has 19 heavy (non-hydrogen) atoms. The van der Waals surface area contributed by atoms with E-state index in [0.29, 0.717) is 0 Å². The third-order valence-electron chi connectivity index (χ3n) is 3.24. The van der Waals surface area contributed by atoms with Gasteiger partial charge in [-0.1, -0.05) is 27.2 Å². The molecule has 1 N–H and O–H groups in total. The highest BCUT2D eigenvalue weighted by atomic mass is 15.1. The maximum Gasteiger partial charge on any atom is 0.132 e. The molecule has 1 aromatic rings. The van der Waals surface area contributed by atoms with Gasteiger partial charge in [-0.15, -0.1) is 0 Å². The lowest BCUT2D eigenvalue weighted by atomic mass is 10.2. The average molecular weight is 264 g/mol. The molecule has 0 atom stereocenters. The van der Waals surface area contributed by atoms with Gasteiger partial charge < -0.3 is 10.2 Å². The van der Waals surface area contributed by atoms with Gasteiger partial charge in [0.15, 0.2) is 0 Å². The van der Waals surface area contributed by atoms with E-state index < -0.39 is 0 Å². The molecule has 0 radical (unpaired) electrons. The Balaban J connectivity index is 2.74. The predicted molar refractivity (Wildman–Crippen MR) is 81.7 cm³/mol. The Labute approximate surface area is 117 Å². The number of rotatable bonds is 9. The second kappa shape index (κ2) is 8.86. The standard InChI is InChI=1S/C15H28N4/c1-5-9-13-12-15(16-6-2)18-14(17-13)10-11-19(7-3)8-4/h12H,5-11H2,1-4H3,(H,16,17,18). The first-order valence-corrected chi connectivity index (χ1v) is 7.56. The van der Waals surface area contributed by atoms with Crippen LogP contribution in [0.2, 0.25) is 0 Å². The highest BCUT2D eigenvalue weighted by Crippen LogP contribution is 2.09. The summed E-state index contributed by atoms with van der Waals surface area (Å²) < 4.78 is 0. The summed E-state index contributed by atoms with van der Waals surface area (Å²) >= 11 is 0. The molecule has 0 saturated heterocycles. The quantitative estimate of drug-likeness (QED) is 0.744. The van der Waals surface area contributed by atoms with Gasteiger partial charge in [0.05, 0.1) is 0 Å². The van der Waals surface area contributed by atoms with Gasteiger partial charge in [-0.05, 0) is 26.4 Å². The van der Waals surface area contributed by atoms with E-state index in [2.05, 4.69) is 53.9 Å². The van der Waals surface area contributed by atoms with Crippen LogP contribution in [-0.2, 0) is 12.8 Å². The van der Waals surface area contributed by atoms with E-state index in [1.165, 1.54) is 0 Å². The minimum atomic E-state index is 0.901. The van der Waals surface area contributed by atoms with Crippen LogP contribution in [0.3, 0.4) is 0 Å². The minimum absolute atomic E-state index is 0.901. The fourth-order valence-corrected chi connectivity index (χ4v) is 2.12. The van der Waals surface area contributed by atoms with Crippen molar-refractivity contribution in [3.05, 3.63) is 17.6 Å². The minimum Gasteiger partial charge on any atom is -0.370 e. The van der Waals surface area contributed by atoms with Crippen molar-refractivity contribution >= 4 is 5.82 Å². The highest BCUT2D eigenvalue weighted by Gasteiger charge is 2.06. The van der Waals surface area contributed by atoms with Crippen LogP contribution in [0.5, 0.6) is 0 Å². The van der Waals surface area contributed by atoms with Crippen molar-refractivity contribution in [2.75, 3.05) is 31.5 Å². The maximum absolute atomic E-state index is 4.67. The number of nitrogens with one attached hydrogen (secondary N) is 1. The van der Waals surface area contributed by atoms with E-state index in [9.17, 15) is 0 Å². The molecule has 0 amide bonds. The van der Waals surface area contributed by atoms with Crippen molar-refractivity contribution in [3.63, 3.8) is 0 Å². The summed E-state index contributed by atoms with van der Waals surface area (Å²) in [4.78, 5) is 11.7. The average Bonchev–Trinajstić information content (AvgIpc) is 2.40. The summed E-state index contributed by atoms with van der Waals surface area (Å²) in [7, 11) is 0. The zero-order valence-electron chi connectivity index (χ0n) is 12.9. The van der Waals surface area contributed by atoms with Crippen LogP contribution in [0, 0.1) is 0 Å². The molecular formula is C15H28N4. The van der Waals surface area contributed by atoms with Crippen molar-refractivity contribution < 1.29 is 0 Å². The second-order valence-electron chi connectivity index (χ2n) is 4.72. The summed E-state index contributed by atoms with van der Waals surface area (Å²) in [6.07, 6.45) is 3.08. The number of nitrogens with zero attached hydrogens (tertiary/aromatic N) is 3. The SMILES string of the molecule is CCCc1cc(NCC)nc(CCN(CC)CC)n1. The zero-order chi connectivity index (χ0) is 14.1. The van der Waals surface area contributed by atoms with Gasteiger partial charge in [-0.2, -0.15) is 0 Å². The fraction of sp³-hybridized carbons (Fsp3) is 0.733. The van der Waals surface area contributed by atoms with Crippen LogP contribution in [0.25, 0.3) is 0 Å². The Kier molecular flexibility index (Phi) is 7.41. The molecule has 0 aromatic carbocycles. The zero-order valence-corrected chi connectivity index (χ0v) is 12.9. The molecule has 0 fully saturated rings. The topological polar surface area (TPSA) is 41.1 Å². The lowest BCUT2D eigenvalue weighted by molar-refractivity contribution is 0.305. The Hall–Kier alpha value is -1.16. The number of aromatic nitrogens is 2. The summed E-state index contributed by atoms with van der Waals surface area (Å²) in [6.45, 7) is 12.8. The maximum atomic E-state index is 4.67. The van der Waals surface area contributed by atoms with E-state index in [1.54, 1.807) is 0 Å². The lowest BCUT2D eigenvalue weighted by Crippen LogP contribution is -2.26. The number of hydrogen-bond donors (Lipinski definition) is 1. The number of likely N-dealkylation sites (N-methyl/N-ethyl adjacent to an activating group) is 1. The van der Waals surface area contributed by atoms with Crippen molar-refractivity contribution in [1.29, 1.82) is 0 Å². The molecule has 0 unspecified atom stereocenters. The van der Waals surface area contributed by atoms with Gasteiger partial charge in [0.1, 0.15) is 11.6 Å². The molecule has 0 aliphatic heterocycles. The summed E-state index contributed by atoms with van der Waals surface area (Å²) in [5, 5.41) is 3.30. The summed E-state index contributed by atoms with van der Waals surface area (Å²) in [5.74, 6) is 1.93. The Morgan fingerprint density at radius 3 is 2.37 bits per heavy atom. The monoisotopic (exact) mass is 264 g/mol. The molecule has 0 spiro atoms. The van der Waals surface area contributed by atoms with Gasteiger partial charge in [-0.25, -0.2) is 9.97 Å². The van der Waals surface area contributed by atoms with Crippen molar-refractivity contribution in [2.24, 2.45) is 0 Å². The first-order chi connectivity index (χ1) is 9.23. The Morgan fingerprint density at radius 1 is 1.05 bits per heavy atom. The first-order valence-electron chi connectivity index (χ1n) is 7.56. The molecule has 4 heteroatoms. The van der Waals surface area contributed by atoms with E-state index in [4.69, 9.17) is 0 Å². The van der Waals surface area contributed by atoms with E-state index in [0.717, 1.165) is 62.8 Å². The molecule has 0 saturated carbocycles. The van der Waals surface area contributed by atoms with Gasteiger partial charge in [0.2, 0.25) is 0 Å². The molecule has 4 nitrogen and oxygen atoms in total. The van der Waals surface area contributed by atoms with Crippen LogP contribution in [0.15, 0.2) is 6.07 Å². The molecule has 0 aliphatic rings. The van der Waals surface area contributed by atoms with Crippen LogP contribution in [-0.4, -0.2) is 41.0 Å². The Morgan fingerprint density at radius 2 is 1.79 bits per heavy atom. The van der Waals surface area contributed by atoms with Crippen molar-refractivity contribution in [1.82, 2.24) is 14.9 Å². The fourth-order valence-electron chi connectivity index (χ4n) is 2.12. The molecular weight excluding hydrogens is 236 g/mol. The smallest absolute Gasteiger partial charge is 0.132 e. The molecule has 108 valence electrons. The largest absolute Gasteiger partial charge is 0.370 e. The number of anilines is 1. The van der Waals surface area contributed by atoms with Gasteiger partial charge in [-0.3, -0.25) is 0 Å².